The number of amides is 11. The van der Waals surface area contributed by atoms with Crippen molar-refractivity contribution in [2.75, 3.05) is 66.5 Å². The third-order valence-corrected chi connectivity index (χ3v) is 19.0. The number of urea groups is 1. The van der Waals surface area contributed by atoms with Crippen LogP contribution in [0.4, 0.5) is 10.5 Å². The van der Waals surface area contributed by atoms with Crippen molar-refractivity contribution in [3.8, 4) is 0 Å². The van der Waals surface area contributed by atoms with Gasteiger partial charge in [0.25, 0.3) is 11.8 Å². The number of imide groups is 1. The number of piperidine rings is 1. The van der Waals surface area contributed by atoms with Crippen LogP contribution in [0.15, 0.2) is 48.0 Å². The average Bonchev–Trinajstić information content (AvgIpc) is 2.82. The lowest BCUT2D eigenvalue weighted by Crippen LogP contribution is -2.60. The normalized spacial score (nSPS) is 21.2. The van der Waals surface area contributed by atoms with Crippen LogP contribution >= 0.6 is 11.3 Å². The molecule has 0 radical (unpaired) electrons. The molecule has 4 aliphatic rings. The van der Waals surface area contributed by atoms with Gasteiger partial charge in [-0.2, -0.15) is 0 Å². The molecule has 1 aromatic heterocycles. The molecule has 2 aromatic rings. The molecule has 89 heavy (non-hydrogen) atoms. The molecule has 1 aromatic carbocycles. The Morgan fingerprint density at radius 3 is 2.20 bits per heavy atom. The van der Waals surface area contributed by atoms with Gasteiger partial charge in [-0.3, -0.25) is 53.0 Å². The molecular weight excluding hydrogens is 1160 g/mol. The van der Waals surface area contributed by atoms with Crippen molar-refractivity contribution in [2.45, 2.75) is 180 Å². The molecule has 0 spiro atoms. The first-order valence-electron chi connectivity index (χ1n) is 31.4. The number of aromatic nitrogens is 1. The van der Waals surface area contributed by atoms with Crippen LogP contribution in [0.3, 0.4) is 0 Å². The highest BCUT2D eigenvalue weighted by atomic mass is 32.1. The van der Waals surface area contributed by atoms with Crippen molar-refractivity contribution in [2.24, 2.45) is 35.3 Å². The van der Waals surface area contributed by atoms with Gasteiger partial charge in [0, 0.05) is 76.2 Å². The minimum Gasteiger partial charge on any atom is -0.379 e. The zero-order valence-electron chi connectivity index (χ0n) is 53.6. The van der Waals surface area contributed by atoms with Gasteiger partial charge in [0.2, 0.25) is 41.4 Å². The van der Waals surface area contributed by atoms with E-state index in [0.717, 1.165) is 29.7 Å². The number of methoxy groups -OCH3 is 2. The number of likely N-dealkylation sites (tertiary alicyclic amines) is 2. The number of nitrogens with zero attached hydrogens (tertiary/aromatic N) is 5. The Morgan fingerprint density at radius 1 is 0.865 bits per heavy atom. The number of fused-ring (bicyclic) bond motifs is 2. The van der Waals surface area contributed by atoms with Crippen molar-refractivity contribution in [1.82, 2.24) is 51.2 Å². The summed E-state index contributed by atoms with van der Waals surface area (Å²) in [5, 5.41) is 19.7. The lowest BCUT2D eigenvalue weighted by molar-refractivity contribution is -0.148. The zero-order chi connectivity index (χ0) is 65.2. The molecule has 2 saturated heterocycles. The Hall–Kier alpha value is -6.87. The molecule has 13 atom stereocenters. The maximum atomic E-state index is 14.7. The molecule has 3 aliphatic heterocycles. The summed E-state index contributed by atoms with van der Waals surface area (Å²) >= 11 is 1.36. The summed E-state index contributed by atoms with van der Waals surface area (Å²) < 4.78 is 17.7. The number of hydrogen-bond acceptors (Lipinski definition) is 16. The first-order valence-corrected chi connectivity index (χ1v) is 32.2. The number of nitrogens with one attached hydrogen (secondary N) is 6. The Kier molecular flexibility index (Phi) is 27.0. The zero-order valence-corrected chi connectivity index (χ0v) is 54.4. The van der Waals surface area contributed by atoms with Gasteiger partial charge in [-0.05, 0) is 99.8 Å². The fourth-order valence-electron chi connectivity index (χ4n) is 12.9. The largest absolute Gasteiger partial charge is 0.379 e. The summed E-state index contributed by atoms with van der Waals surface area (Å²) in [4.78, 5) is 145. The second-order valence-electron chi connectivity index (χ2n) is 24.8. The number of hydrogen-bond donors (Lipinski definition) is 7. The minimum atomic E-state index is -1.13. The van der Waals surface area contributed by atoms with Crippen LogP contribution in [-0.4, -0.2) is 199 Å². The van der Waals surface area contributed by atoms with Crippen LogP contribution in [0, 0.1) is 29.6 Å². The molecule has 11 amide bonds. The van der Waals surface area contributed by atoms with E-state index < -0.39 is 95.9 Å². The van der Waals surface area contributed by atoms with Gasteiger partial charge in [0.1, 0.15) is 23.1 Å². The molecule has 2 bridgehead atoms. The number of likely N-dealkylation sites (N-methyl/N-ethyl adjacent to an activating group) is 2. The number of primary amides is 1. The molecule has 0 unspecified atom stereocenters. The van der Waals surface area contributed by atoms with E-state index in [9.17, 15) is 47.9 Å². The summed E-state index contributed by atoms with van der Waals surface area (Å²) in [6, 6.07) is 1.86. The summed E-state index contributed by atoms with van der Waals surface area (Å²) in [6.07, 6.45) is 8.06. The third-order valence-electron chi connectivity index (χ3n) is 18.1. The molecule has 492 valence electrons. The fourth-order valence-corrected chi connectivity index (χ4v) is 13.6. The van der Waals surface area contributed by atoms with E-state index in [2.05, 4.69) is 41.8 Å². The van der Waals surface area contributed by atoms with E-state index in [4.69, 9.17) is 19.9 Å². The average molecular weight is 1260 g/mol. The van der Waals surface area contributed by atoms with Crippen molar-refractivity contribution in [3.05, 3.63) is 58.6 Å². The van der Waals surface area contributed by atoms with Gasteiger partial charge >= 0.3 is 6.03 Å². The van der Waals surface area contributed by atoms with E-state index in [0.29, 0.717) is 42.5 Å². The first-order chi connectivity index (χ1) is 42.4. The first kappa shape index (κ1) is 71.2. The molecule has 1 aliphatic carbocycles. The molecule has 26 heteroatoms. The van der Waals surface area contributed by atoms with Gasteiger partial charge < -0.3 is 61.6 Å². The predicted octanol–water partition coefficient (Wildman–Crippen LogP) is 3.43. The number of benzene rings is 1. The second kappa shape index (κ2) is 33.8. The van der Waals surface area contributed by atoms with Crippen molar-refractivity contribution in [1.29, 1.82) is 0 Å². The van der Waals surface area contributed by atoms with E-state index in [1.54, 1.807) is 69.1 Å². The van der Waals surface area contributed by atoms with Gasteiger partial charge in [-0.15, -0.1) is 11.3 Å². The number of ether oxygens (including phenoxy) is 3. The van der Waals surface area contributed by atoms with Crippen LogP contribution < -0.4 is 37.6 Å². The van der Waals surface area contributed by atoms with Crippen molar-refractivity contribution in [3.63, 3.8) is 0 Å². The van der Waals surface area contributed by atoms with Gasteiger partial charge in [0.05, 0.1) is 68.5 Å². The number of rotatable bonds is 35. The molecule has 1 saturated carbocycles. The monoisotopic (exact) mass is 1260 g/mol. The fraction of sp³-hybridized carbons (Fsp3) is 0.667. The Balaban J connectivity index is 1.08. The predicted molar refractivity (Wildman–Crippen MR) is 334 cm³/mol. The number of anilines is 1. The molecule has 8 N–H and O–H groups in total. The topological polar surface area (TPSA) is 322 Å². The molecule has 25 nitrogen and oxygen atoms in total. The Labute approximate surface area is 527 Å². The maximum absolute atomic E-state index is 14.7. The van der Waals surface area contributed by atoms with Crippen LogP contribution in [0.5, 0.6) is 0 Å². The minimum absolute atomic E-state index is 0.0157. The highest BCUT2D eigenvalue weighted by Crippen LogP contribution is 2.41. The van der Waals surface area contributed by atoms with E-state index in [1.165, 1.54) is 30.6 Å². The van der Waals surface area contributed by atoms with Gasteiger partial charge in [-0.25, -0.2) is 9.78 Å². The number of carbonyl (C=O) groups is 10. The number of nitrogens with two attached hydrogens (primary N) is 1. The van der Waals surface area contributed by atoms with Crippen molar-refractivity contribution < 1.29 is 62.2 Å². The summed E-state index contributed by atoms with van der Waals surface area (Å²) in [5.41, 5.74) is 6.40. The van der Waals surface area contributed by atoms with E-state index >= 15 is 0 Å². The molecule has 3 fully saturated rings. The second-order valence-corrected chi connectivity index (χ2v) is 25.7. The SMILES string of the molecule is CC[C@H](C)[C@@H]([C@@H](CC(=O)N1CCC[C@H]1[C@H](OC)[C@@H](C)C(=O)N[C@@H](Cc1cccc(NC(=O)[C@H](CCCNC(N)=O)NC(=O)[C@@H](NC(=O)CCOCCN2C(=O)C=CC2=O)C(C)C)c1)c1nccs1)OC)N(C)C(=O)[C@@H](NC(=O)[C@@H]1[C@H]2CC[C@H](C2)N1C)C(C)C. The quantitative estimate of drug-likeness (QED) is 0.0384. The van der Waals surface area contributed by atoms with Crippen LogP contribution in [-0.2, 0) is 63.8 Å². The van der Waals surface area contributed by atoms with Crippen LogP contribution in [0.2, 0.25) is 0 Å². The Bertz CT molecular complexity index is 2780. The maximum Gasteiger partial charge on any atom is 0.312 e. The smallest absolute Gasteiger partial charge is 0.312 e. The summed E-state index contributed by atoms with van der Waals surface area (Å²) in [6.45, 7) is 13.7. The summed E-state index contributed by atoms with van der Waals surface area (Å²) in [7, 11) is 6.81. The van der Waals surface area contributed by atoms with E-state index in [1.807, 2.05) is 46.2 Å². The lowest BCUT2D eigenvalue weighted by atomic mass is 9.89. The molecular formula is C63H96N12O13S. The highest BCUT2D eigenvalue weighted by Gasteiger charge is 2.49. The molecule has 6 rings (SSSR count). The summed E-state index contributed by atoms with van der Waals surface area (Å²) in [5.74, 6) is -4.62. The standard InChI is InChI=1S/C63H96N12O13S/c1-12-38(6)54(73(9)62(84)53(37(4)5)71-60(83)55-41-20-21-43(34-41)72(55)8)47(86-10)35-51(79)74-27-15-19-46(74)56(87-11)39(7)57(80)69-45(61-65-26-31-89-61)33-40-16-13-17-42(32-40)67-58(81)44(18-14-25-66-63(64)85)68-59(82)52(36(2)3)70-48(76)24-29-88-30-28-75-49(77)22-23-50(75)78/h13,16-17,22-23,26,31-32,36-39,41,43-47,52-56H,12,14-15,18-21,24-25,27-30,33-35H2,1-11H3,(H,67,81)(H,68,82)(H,69,80)(H,70,76)(H,71,83)(H3,64,66,85)/t38-,39+,41-,43+,44-,45-,46-,47+,52-,53-,54-,55-,56+/m0/s1. The highest BCUT2D eigenvalue weighted by molar-refractivity contribution is 7.09. The number of carbonyl (C=O) groups excluding carboxylic acids is 10. The molecule has 4 heterocycles. The van der Waals surface area contributed by atoms with Gasteiger partial charge in [0.15, 0.2) is 0 Å². The Morgan fingerprint density at radius 2 is 1.58 bits per heavy atom. The van der Waals surface area contributed by atoms with Crippen LogP contribution in [0.25, 0.3) is 0 Å². The lowest BCUT2D eigenvalue weighted by Gasteiger charge is -2.41. The third kappa shape index (κ3) is 19.1. The van der Waals surface area contributed by atoms with Crippen molar-refractivity contribution >= 4 is 76.2 Å². The number of thiazole rings is 1. The van der Waals surface area contributed by atoms with E-state index in [-0.39, 0.29) is 106 Å². The van der Waals surface area contributed by atoms with Gasteiger partial charge in [-0.1, -0.05) is 67.0 Å². The van der Waals surface area contributed by atoms with Crippen LogP contribution in [0.1, 0.15) is 129 Å².